The zero-order valence-corrected chi connectivity index (χ0v) is 56.9. The summed E-state index contributed by atoms with van der Waals surface area (Å²) in [6.07, 6.45) is 0.298. The molecule has 1 fully saturated rings. The number of benzene rings is 6. The maximum atomic E-state index is 13.3. The average Bonchev–Trinajstić information content (AvgIpc) is 1.58. The van der Waals surface area contributed by atoms with Gasteiger partial charge in [0, 0.05) is 24.8 Å². The first-order chi connectivity index (χ1) is 43.6. The molecular formula is C68H87F4N7O13S. The molecule has 0 aliphatic carbocycles. The average molecular weight is 1320 g/mol. The SMILES string of the molecule is CC(C)ON1C(=O)CCC1=O.CC(C)On1nnc2ccccc21.CC(C)On1nnc2ccccc2c1=O.Cc1c(F)c(F)c(F)c(OC(C)C)c1F.Cc1ccc(OC(=O)CC(C)C)cc1.Cc1ccc(OC(C)C)cc1.Cc1ccc(S(=O)(=O)OC(C)C)cc1. The van der Waals surface area contributed by atoms with E-state index in [0.717, 1.165) is 44.7 Å². The van der Waals surface area contributed by atoms with Gasteiger partial charge in [0.1, 0.15) is 40.3 Å². The van der Waals surface area contributed by atoms with Gasteiger partial charge >= 0.3 is 11.5 Å². The molecule has 3 heterocycles. The van der Waals surface area contributed by atoms with E-state index in [1.165, 1.54) is 24.3 Å². The van der Waals surface area contributed by atoms with Crippen LogP contribution in [0.1, 0.15) is 138 Å². The molecule has 6 aromatic carbocycles. The Morgan fingerprint density at radius 2 is 0.946 bits per heavy atom. The van der Waals surface area contributed by atoms with Gasteiger partial charge in [-0.1, -0.05) is 96.0 Å². The van der Waals surface area contributed by atoms with Crippen LogP contribution in [0.3, 0.4) is 0 Å². The molecule has 8 aromatic rings. The van der Waals surface area contributed by atoms with Crippen molar-refractivity contribution in [3.8, 4) is 17.2 Å². The highest BCUT2D eigenvalue weighted by Gasteiger charge is 2.31. The molecule has 1 aliphatic heterocycles. The minimum atomic E-state index is -3.58. The fraction of sp³-hybridized carbons (Fsp3) is 0.412. The standard InChI is InChI=1S/C12H16O2.C10H10F4O.C10H11N3O2.C10H14O3S.C10H14O.C9H11N3O.C7H11NO3/c1-9(2)8-12(13)14-11-6-4-10(3)5-7-11;1-4(2)15-10-7(12)5(3)6(11)8(13)9(10)14;1-7(2)15-13-10(14)8-5-3-4-6-9(8)11-12-13;1-8(2)13-14(11,12)10-6-4-9(3)5-7-10;1-8(2)11-10-6-4-9(3)5-7-10;1-7(2)13-12-9-6-4-3-5-8(9)10-11-12;1-5(2)11-8-6(9)3-4-7(8)10/h4-7,9H,8H2,1-3H3;4H,1-3H3;3-7H,1-2H3;4-8H,1-3H3;4-8H,1-3H3;3-7H,1-2H3;5H,3-4H2,1-2H3. The molecule has 0 N–H and O–H groups in total. The Kier molecular flexibility index (Phi) is 32.3. The number of rotatable bonds is 16. The number of hydrogen-bond donors (Lipinski definition) is 0. The quantitative estimate of drug-likeness (QED) is 0.0166. The minimum absolute atomic E-state index is 0.102. The summed E-state index contributed by atoms with van der Waals surface area (Å²) in [5.74, 6) is -5.67. The number of hydroxylamine groups is 2. The molecule has 25 heteroatoms. The van der Waals surface area contributed by atoms with E-state index >= 15 is 0 Å². The van der Waals surface area contributed by atoms with E-state index in [-0.39, 0.29) is 71.6 Å². The lowest BCUT2D eigenvalue weighted by Gasteiger charge is -2.15. The lowest BCUT2D eigenvalue weighted by Crippen LogP contribution is -2.33. The van der Waals surface area contributed by atoms with Gasteiger partial charge in [0.2, 0.25) is 5.82 Å². The lowest BCUT2D eigenvalue weighted by atomic mass is 10.1. The van der Waals surface area contributed by atoms with Crippen LogP contribution in [0.5, 0.6) is 17.2 Å². The number of para-hydroxylation sites is 1. The highest BCUT2D eigenvalue weighted by Crippen LogP contribution is 2.30. The third kappa shape index (κ3) is 27.5. The first kappa shape index (κ1) is 78.4. The van der Waals surface area contributed by atoms with E-state index in [1.54, 1.807) is 70.2 Å². The predicted molar refractivity (Wildman–Crippen MR) is 347 cm³/mol. The molecule has 0 unspecified atom stereocenters. The Labute approximate surface area is 542 Å². The summed E-state index contributed by atoms with van der Waals surface area (Å²) in [4.78, 5) is 63.0. The van der Waals surface area contributed by atoms with Gasteiger partial charge in [0.05, 0.1) is 34.7 Å². The summed E-state index contributed by atoms with van der Waals surface area (Å²) in [5, 5.41) is 16.8. The third-order valence-corrected chi connectivity index (χ3v) is 12.9. The predicted octanol–water partition coefficient (Wildman–Crippen LogP) is 13.5. The van der Waals surface area contributed by atoms with E-state index < -0.39 is 50.8 Å². The number of halogens is 4. The second-order valence-corrected chi connectivity index (χ2v) is 24.5. The summed E-state index contributed by atoms with van der Waals surface area (Å²) in [6, 6.07) is 36.9. The van der Waals surface area contributed by atoms with Crippen LogP contribution in [0.4, 0.5) is 17.6 Å². The van der Waals surface area contributed by atoms with Crippen LogP contribution in [0.2, 0.25) is 0 Å². The van der Waals surface area contributed by atoms with E-state index in [9.17, 15) is 45.2 Å². The zero-order valence-electron chi connectivity index (χ0n) is 56.1. The Balaban J connectivity index is 0.000000284. The van der Waals surface area contributed by atoms with Gasteiger partial charge in [-0.25, -0.2) is 13.2 Å². The summed E-state index contributed by atoms with van der Waals surface area (Å²) >= 11 is 0. The molecule has 2 amide bonds. The second-order valence-electron chi connectivity index (χ2n) is 22.9. The summed E-state index contributed by atoms with van der Waals surface area (Å²) in [7, 11) is -3.58. The molecule has 0 atom stereocenters. The Morgan fingerprint density at radius 3 is 1.44 bits per heavy atom. The van der Waals surface area contributed by atoms with Crippen molar-refractivity contribution in [1.82, 2.24) is 35.4 Å². The van der Waals surface area contributed by atoms with Crippen LogP contribution in [0.25, 0.3) is 21.9 Å². The number of hydrogen-bond acceptors (Lipinski definition) is 17. The molecule has 20 nitrogen and oxygen atoms in total. The third-order valence-electron chi connectivity index (χ3n) is 11.5. The molecule has 0 saturated carbocycles. The van der Waals surface area contributed by atoms with Gasteiger partial charge in [-0.05, 0) is 193 Å². The first-order valence-electron chi connectivity index (χ1n) is 30.1. The van der Waals surface area contributed by atoms with Gasteiger partial charge in [0.15, 0.2) is 23.2 Å². The lowest BCUT2D eigenvalue weighted by molar-refractivity contribution is -0.198. The van der Waals surface area contributed by atoms with E-state index in [1.807, 2.05) is 136 Å². The smallest absolute Gasteiger partial charge is 0.314 e. The molecule has 9 rings (SSSR count). The molecule has 0 radical (unpaired) electrons. The van der Waals surface area contributed by atoms with E-state index in [2.05, 4.69) is 39.7 Å². The fourth-order valence-electron chi connectivity index (χ4n) is 7.33. The minimum Gasteiger partial charge on any atom is -0.491 e. The molecule has 1 aliphatic rings. The summed E-state index contributed by atoms with van der Waals surface area (Å²) in [5.41, 5.74) is 4.90. The van der Waals surface area contributed by atoms with Crippen LogP contribution in [0, 0.1) is 56.9 Å². The highest BCUT2D eigenvalue weighted by atomic mass is 32.2. The normalized spacial score (nSPS) is 11.8. The van der Waals surface area contributed by atoms with Crippen molar-refractivity contribution in [1.29, 1.82) is 0 Å². The first-order valence-corrected chi connectivity index (χ1v) is 31.5. The van der Waals surface area contributed by atoms with Gasteiger partial charge < -0.3 is 23.9 Å². The van der Waals surface area contributed by atoms with Gasteiger partial charge in [0.25, 0.3) is 21.9 Å². The maximum absolute atomic E-state index is 13.3. The van der Waals surface area contributed by atoms with Crippen LogP contribution in [-0.2, 0) is 33.5 Å². The van der Waals surface area contributed by atoms with Crippen LogP contribution in [-0.4, -0.2) is 98.2 Å². The largest absolute Gasteiger partial charge is 0.491 e. The number of amides is 2. The van der Waals surface area contributed by atoms with Crippen molar-refractivity contribution in [2.24, 2.45) is 5.92 Å². The Morgan fingerprint density at radius 1 is 0.495 bits per heavy atom. The van der Waals surface area contributed by atoms with Crippen LogP contribution >= 0.6 is 0 Å². The number of aromatic nitrogens is 6. The molecule has 93 heavy (non-hydrogen) atoms. The molecule has 506 valence electrons. The van der Waals surface area contributed by atoms with E-state index in [4.69, 9.17) is 32.9 Å². The second kappa shape index (κ2) is 38.3. The number of aryl methyl sites for hydroxylation is 3. The van der Waals surface area contributed by atoms with Crippen molar-refractivity contribution in [2.45, 2.75) is 185 Å². The molecule has 0 spiro atoms. The molecular weight excluding hydrogens is 1230 g/mol. The fourth-order valence-corrected chi connectivity index (χ4v) is 8.42. The van der Waals surface area contributed by atoms with Crippen molar-refractivity contribution < 1.29 is 73.3 Å². The van der Waals surface area contributed by atoms with Crippen molar-refractivity contribution in [3.63, 3.8) is 0 Å². The Bertz CT molecular complexity index is 3760. The van der Waals surface area contributed by atoms with Crippen molar-refractivity contribution >= 4 is 49.8 Å². The maximum Gasteiger partial charge on any atom is 0.314 e. The van der Waals surface area contributed by atoms with Crippen LogP contribution < -0.4 is 29.4 Å². The monoisotopic (exact) mass is 1320 g/mol. The molecule has 2 aromatic heterocycles. The van der Waals surface area contributed by atoms with Crippen molar-refractivity contribution in [3.05, 3.63) is 177 Å². The van der Waals surface area contributed by atoms with Gasteiger partial charge in [-0.2, -0.15) is 17.9 Å². The molecule has 1 saturated heterocycles. The topological polar surface area (TPSA) is 232 Å². The summed E-state index contributed by atoms with van der Waals surface area (Å²) in [6.45, 7) is 32.6. The highest BCUT2D eigenvalue weighted by molar-refractivity contribution is 7.86. The van der Waals surface area contributed by atoms with Gasteiger partial charge in [-0.15, -0.1) is 10.2 Å². The number of carbonyl (C=O) groups is 3. The van der Waals surface area contributed by atoms with Crippen molar-refractivity contribution in [2.75, 3.05) is 0 Å². The number of carbonyl (C=O) groups excluding carboxylic acids is 3. The number of imide groups is 1. The van der Waals surface area contributed by atoms with E-state index in [0.29, 0.717) is 29.0 Å². The number of esters is 1. The van der Waals surface area contributed by atoms with Gasteiger partial charge in [-0.3, -0.25) is 28.2 Å². The van der Waals surface area contributed by atoms with Crippen LogP contribution in [0.15, 0.2) is 131 Å². The molecule has 0 bridgehead atoms. The number of fused-ring (bicyclic) bond motifs is 2. The zero-order chi connectivity index (χ0) is 69.9. The summed E-state index contributed by atoms with van der Waals surface area (Å²) < 4.78 is 95.4. The number of nitrogens with zero attached hydrogens (tertiary/aromatic N) is 7. The Hall–Kier alpha value is -8.81. The number of ether oxygens (including phenoxy) is 3.